The minimum Gasteiger partial charge on any atom is -0.481 e. The first-order valence-corrected chi connectivity index (χ1v) is 10.3. The number of rotatable bonds is 9. The van der Waals surface area contributed by atoms with E-state index in [0.29, 0.717) is 0 Å². The lowest BCUT2D eigenvalue weighted by Crippen LogP contribution is -2.44. The van der Waals surface area contributed by atoms with Gasteiger partial charge in [0, 0.05) is 27.1 Å². The molecule has 0 bridgehead atoms. The zero-order valence-electron chi connectivity index (χ0n) is 14.6. The maximum atomic E-state index is 12.8. The van der Waals surface area contributed by atoms with Crippen LogP contribution in [0.5, 0.6) is 0 Å². The van der Waals surface area contributed by atoms with E-state index in [4.69, 9.17) is 44.6 Å². The largest absolute Gasteiger partial charge is 0.481 e. The molecule has 0 heterocycles. The van der Waals surface area contributed by atoms with Crippen LogP contribution in [0.1, 0.15) is 19.3 Å². The van der Waals surface area contributed by atoms with Gasteiger partial charge in [0.25, 0.3) is 0 Å². The van der Waals surface area contributed by atoms with E-state index in [1.807, 2.05) is 0 Å². The number of esters is 1. The third-order valence-electron chi connectivity index (χ3n) is 3.85. The first-order chi connectivity index (χ1) is 12.8. The number of ether oxygens (including phenoxy) is 1. The van der Waals surface area contributed by atoms with Crippen LogP contribution in [0, 0.1) is 5.92 Å². The van der Waals surface area contributed by atoms with Gasteiger partial charge in [-0.3, -0.25) is 28.5 Å². The van der Waals surface area contributed by atoms with Crippen LogP contribution in [0.15, 0.2) is 0 Å². The van der Waals surface area contributed by atoms with Crippen molar-refractivity contribution in [3.8, 4) is 0 Å². The summed E-state index contributed by atoms with van der Waals surface area (Å²) >= 11 is 17.1. The summed E-state index contributed by atoms with van der Waals surface area (Å²) in [6, 6.07) is 0. The van der Waals surface area contributed by atoms with Crippen LogP contribution < -0.4 is 0 Å². The van der Waals surface area contributed by atoms with E-state index in [2.05, 4.69) is 9.05 Å². The minimum absolute atomic E-state index is 0.159. The van der Waals surface area contributed by atoms with Gasteiger partial charge in [0.05, 0.1) is 6.42 Å². The monoisotopic (exact) mass is 480 g/mol. The Kier molecular flexibility index (Phi) is 8.62. The minimum atomic E-state index is -4.45. The van der Waals surface area contributed by atoms with Gasteiger partial charge < -0.3 is 18.9 Å². The molecule has 28 heavy (non-hydrogen) atoms. The molecule has 2 unspecified atom stereocenters. The number of aliphatic carboxylic acids is 1. The van der Waals surface area contributed by atoms with E-state index in [1.165, 1.54) is 0 Å². The quantitative estimate of drug-likeness (QED) is 0.223. The fourth-order valence-corrected chi connectivity index (χ4v) is 5.28. The lowest BCUT2D eigenvalue weighted by molar-refractivity contribution is -0.165. The van der Waals surface area contributed by atoms with Crippen molar-refractivity contribution < 1.29 is 47.4 Å². The van der Waals surface area contributed by atoms with Gasteiger partial charge >= 0.3 is 19.5 Å². The Morgan fingerprint density at radius 1 is 1.14 bits per heavy atom. The van der Waals surface area contributed by atoms with E-state index in [-0.39, 0.29) is 12.8 Å². The van der Waals surface area contributed by atoms with Crippen molar-refractivity contribution in [1.82, 2.24) is 0 Å². The molecule has 1 fully saturated rings. The summed E-state index contributed by atoms with van der Waals surface area (Å²) in [5.74, 6) is -8.09. The lowest BCUT2D eigenvalue weighted by atomic mass is 9.98. The zero-order chi connectivity index (χ0) is 21.9. The molecule has 1 N–H and O–H groups in total. The van der Waals surface area contributed by atoms with E-state index in [1.54, 1.807) is 0 Å². The summed E-state index contributed by atoms with van der Waals surface area (Å²) in [6.45, 7) is 0. The molecule has 1 aliphatic carbocycles. The number of carbonyl (C=O) groups is 5. The molecule has 10 nitrogen and oxygen atoms in total. The van der Waals surface area contributed by atoms with Crippen LogP contribution in [0.4, 0.5) is 0 Å². The topological polar surface area (TPSA) is 150 Å². The molecular weight excluding hydrogens is 465 g/mol. The summed E-state index contributed by atoms with van der Waals surface area (Å²) in [5, 5.41) is 9.02. The van der Waals surface area contributed by atoms with Crippen LogP contribution in [0.2, 0.25) is 0 Å². The summed E-state index contributed by atoms with van der Waals surface area (Å²) in [5.41, 5.74) is -2.19. The molecule has 0 radical (unpaired) electrons. The molecule has 1 aliphatic rings. The molecule has 0 aliphatic heterocycles. The van der Waals surface area contributed by atoms with Gasteiger partial charge in [-0.15, -0.1) is 0 Å². The number of halogens is 3. The van der Waals surface area contributed by atoms with Crippen molar-refractivity contribution in [3.63, 3.8) is 0 Å². The summed E-state index contributed by atoms with van der Waals surface area (Å²) in [7, 11) is -2.67. The van der Waals surface area contributed by atoms with Gasteiger partial charge in [-0.1, -0.05) is 34.8 Å². The number of carboxylic acid groups (broad SMARTS) is 1. The molecule has 2 atom stereocenters. The van der Waals surface area contributed by atoms with Gasteiger partial charge in [0.1, 0.15) is 5.92 Å². The fourth-order valence-electron chi connectivity index (χ4n) is 2.46. The van der Waals surface area contributed by atoms with Crippen LogP contribution in [-0.4, -0.2) is 64.2 Å². The molecule has 0 aromatic carbocycles. The molecule has 0 amide bonds. The average molecular weight is 482 g/mol. The number of hydrogen-bond donors (Lipinski definition) is 1. The van der Waals surface area contributed by atoms with E-state index < -0.39 is 64.8 Å². The number of alkyl halides is 3. The van der Waals surface area contributed by atoms with Crippen molar-refractivity contribution in [3.05, 3.63) is 0 Å². The highest BCUT2D eigenvalue weighted by molar-refractivity contribution is 7.56. The lowest BCUT2D eigenvalue weighted by Gasteiger charge is -2.30. The number of hydrogen-bond acceptors (Lipinski definition) is 9. The van der Waals surface area contributed by atoms with Gasteiger partial charge in [-0.25, -0.2) is 0 Å². The Morgan fingerprint density at radius 3 is 1.96 bits per heavy atom. The average Bonchev–Trinajstić information content (AvgIpc) is 2.89. The molecule has 0 spiro atoms. The molecule has 14 heteroatoms. The van der Waals surface area contributed by atoms with E-state index in [9.17, 15) is 28.5 Å². The number of carbonyl (C=O) groups excluding carboxylic acids is 4. The molecule has 0 aromatic rings. The highest BCUT2D eigenvalue weighted by Gasteiger charge is 2.56. The fraction of sp³-hybridized carbons (Fsp3) is 0.643. The predicted octanol–water partition coefficient (Wildman–Crippen LogP) is 1.71. The van der Waals surface area contributed by atoms with Gasteiger partial charge in [0.15, 0.2) is 23.0 Å². The second-order valence-corrected chi connectivity index (χ2v) is 10.3. The Balaban J connectivity index is 3.29. The van der Waals surface area contributed by atoms with Crippen molar-refractivity contribution in [2.45, 2.75) is 34.8 Å². The van der Waals surface area contributed by atoms with Crippen LogP contribution in [0.3, 0.4) is 0 Å². The van der Waals surface area contributed by atoms with E-state index >= 15 is 0 Å². The predicted molar refractivity (Wildman–Crippen MR) is 95.6 cm³/mol. The number of ketones is 3. The first kappa shape index (κ1) is 25.0. The second kappa shape index (κ2) is 9.65. The maximum absolute atomic E-state index is 12.8. The third kappa shape index (κ3) is 5.75. The van der Waals surface area contributed by atoms with Gasteiger partial charge in [0.2, 0.25) is 9.90 Å². The standard InChI is InChI=1S/C14H16Cl3O10P/c1-25-28(24,26-2)12(14(15,16)17)10(22)6(5-9(20)21)13(23)27-11-7(18)3-4-8(11)19/h6,11-12H,3-5H2,1-2H3,(H,20,21). The van der Waals surface area contributed by atoms with Crippen molar-refractivity contribution >= 4 is 71.7 Å². The number of Topliss-reactive ketones (excluding diaryl/α,β-unsaturated/α-hetero) is 3. The summed E-state index contributed by atoms with van der Waals surface area (Å²) in [4.78, 5) is 59.6. The Bertz CT molecular complexity index is 707. The maximum Gasteiger partial charge on any atom is 0.344 e. The van der Waals surface area contributed by atoms with Crippen LogP contribution in [-0.2, 0) is 42.3 Å². The normalized spacial score (nSPS) is 18.0. The Hall–Kier alpha value is -1.03. The third-order valence-corrected chi connectivity index (χ3v) is 7.25. The molecule has 1 saturated carbocycles. The molecule has 0 saturated heterocycles. The van der Waals surface area contributed by atoms with E-state index in [0.717, 1.165) is 14.2 Å². The second-order valence-electron chi connectivity index (χ2n) is 5.65. The van der Waals surface area contributed by atoms with Crippen LogP contribution >= 0.6 is 42.4 Å². The highest BCUT2D eigenvalue weighted by atomic mass is 35.6. The van der Waals surface area contributed by atoms with Crippen molar-refractivity contribution in [2.24, 2.45) is 5.92 Å². The Morgan fingerprint density at radius 2 is 1.61 bits per heavy atom. The smallest absolute Gasteiger partial charge is 0.344 e. The SMILES string of the molecule is COP(=O)(OC)C(C(=O)C(CC(=O)O)C(=O)OC1C(=O)CCC1=O)C(Cl)(Cl)Cl. The first-order valence-electron chi connectivity index (χ1n) is 7.57. The zero-order valence-corrected chi connectivity index (χ0v) is 17.7. The molecule has 0 aromatic heterocycles. The van der Waals surface area contributed by atoms with Gasteiger partial charge in [-0.05, 0) is 0 Å². The van der Waals surface area contributed by atoms with Gasteiger partial charge in [-0.2, -0.15) is 0 Å². The van der Waals surface area contributed by atoms with Crippen LogP contribution in [0.25, 0.3) is 0 Å². The molecular formula is C14H16Cl3O10P. The molecule has 1 rings (SSSR count). The summed E-state index contributed by atoms with van der Waals surface area (Å²) in [6.07, 6.45) is -3.21. The molecule has 158 valence electrons. The summed E-state index contributed by atoms with van der Waals surface area (Å²) < 4.78 is 24.1. The Labute approximate surface area is 174 Å². The van der Waals surface area contributed by atoms with Crippen molar-refractivity contribution in [2.75, 3.05) is 14.2 Å². The highest BCUT2D eigenvalue weighted by Crippen LogP contribution is 2.60. The van der Waals surface area contributed by atoms with Crippen molar-refractivity contribution in [1.29, 1.82) is 0 Å². The number of carboxylic acids is 1.